The fourth-order valence-corrected chi connectivity index (χ4v) is 3.87. The lowest BCUT2D eigenvalue weighted by Gasteiger charge is -2.16. The summed E-state index contributed by atoms with van der Waals surface area (Å²) in [6, 6.07) is 10.9. The first-order valence-corrected chi connectivity index (χ1v) is 11.0. The van der Waals surface area contributed by atoms with Crippen LogP contribution in [0.1, 0.15) is 19.8 Å². The Morgan fingerprint density at radius 3 is 2.50 bits per heavy atom. The summed E-state index contributed by atoms with van der Waals surface area (Å²) in [6.07, 6.45) is 1.29. The molecule has 2 aromatic rings. The SMILES string of the molecule is CC(Oc1cccc(Cl)c1Cl)C(=O)Nc1ccc(S(=O)(=O)NCC2CC2)cc1. The summed E-state index contributed by atoms with van der Waals surface area (Å²) < 4.78 is 32.6. The van der Waals surface area contributed by atoms with E-state index < -0.39 is 22.0 Å². The van der Waals surface area contributed by atoms with E-state index in [1.165, 1.54) is 24.3 Å². The van der Waals surface area contributed by atoms with Gasteiger partial charge in [-0.25, -0.2) is 13.1 Å². The number of benzene rings is 2. The summed E-state index contributed by atoms with van der Waals surface area (Å²) in [5, 5.41) is 3.25. The quantitative estimate of drug-likeness (QED) is 0.644. The second kappa shape index (κ2) is 8.69. The highest BCUT2D eigenvalue weighted by molar-refractivity contribution is 7.89. The number of hydrogen-bond donors (Lipinski definition) is 2. The molecule has 1 unspecified atom stereocenters. The molecule has 2 aromatic carbocycles. The van der Waals surface area contributed by atoms with E-state index in [0.717, 1.165) is 12.8 Å². The van der Waals surface area contributed by atoms with Gasteiger partial charge in [0.05, 0.1) is 9.92 Å². The Morgan fingerprint density at radius 1 is 1.18 bits per heavy atom. The van der Waals surface area contributed by atoms with Crippen LogP contribution in [0.2, 0.25) is 10.0 Å². The fraction of sp³-hybridized carbons (Fsp3) is 0.316. The van der Waals surface area contributed by atoms with Gasteiger partial charge in [0.15, 0.2) is 6.10 Å². The van der Waals surface area contributed by atoms with E-state index in [2.05, 4.69) is 10.0 Å². The van der Waals surface area contributed by atoms with Gasteiger partial charge in [-0.1, -0.05) is 29.3 Å². The fourth-order valence-electron chi connectivity index (χ4n) is 2.41. The molecular weight excluding hydrogens is 423 g/mol. The molecule has 9 heteroatoms. The molecule has 1 aliphatic carbocycles. The lowest BCUT2D eigenvalue weighted by Crippen LogP contribution is -2.30. The largest absolute Gasteiger partial charge is 0.479 e. The molecule has 150 valence electrons. The third-order valence-corrected chi connectivity index (χ3v) is 6.52. The molecule has 0 heterocycles. The number of nitrogens with one attached hydrogen (secondary N) is 2. The van der Waals surface area contributed by atoms with Gasteiger partial charge < -0.3 is 10.1 Å². The average Bonchev–Trinajstić information content (AvgIpc) is 3.49. The molecule has 1 amide bonds. The highest BCUT2D eigenvalue weighted by Gasteiger charge is 2.24. The smallest absolute Gasteiger partial charge is 0.265 e. The molecule has 1 aliphatic rings. The monoisotopic (exact) mass is 442 g/mol. The maximum absolute atomic E-state index is 12.3. The van der Waals surface area contributed by atoms with Crippen LogP contribution in [-0.4, -0.2) is 27.0 Å². The molecule has 0 bridgehead atoms. The van der Waals surface area contributed by atoms with Crippen molar-refractivity contribution in [1.29, 1.82) is 0 Å². The number of halogens is 2. The van der Waals surface area contributed by atoms with Gasteiger partial charge in [-0.2, -0.15) is 0 Å². The third kappa shape index (κ3) is 5.38. The van der Waals surface area contributed by atoms with Crippen molar-refractivity contribution in [3.63, 3.8) is 0 Å². The van der Waals surface area contributed by atoms with Crippen LogP contribution in [0.4, 0.5) is 5.69 Å². The highest BCUT2D eigenvalue weighted by atomic mass is 35.5. The first-order valence-electron chi connectivity index (χ1n) is 8.77. The Bertz CT molecular complexity index is 960. The molecule has 0 spiro atoms. The first kappa shape index (κ1) is 20.9. The molecule has 6 nitrogen and oxygen atoms in total. The minimum atomic E-state index is -3.54. The molecule has 1 saturated carbocycles. The number of amides is 1. The summed E-state index contributed by atoms with van der Waals surface area (Å²) in [4.78, 5) is 12.5. The van der Waals surface area contributed by atoms with E-state index in [0.29, 0.717) is 28.9 Å². The number of carbonyl (C=O) groups excluding carboxylic acids is 1. The van der Waals surface area contributed by atoms with Gasteiger partial charge in [0.2, 0.25) is 10.0 Å². The van der Waals surface area contributed by atoms with E-state index in [4.69, 9.17) is 27.9 Å². The predicted octanol–water partition coefficient (Wildman–Crippen LogP) is 4.09. The number of hydrogen-bond acceptors (Lipinski definition) is 4. The van der Waals surface area contributed by atoms with E-state index >= 15 is 0 Å². The number of anilines is 1. The van der Waals surface area contributed by atoms with Crippen LogP contribution in [0.5, 0.6) is 5.75 Å². The van der Waals surface area contributed by atoms with Gasteiger partial charge in [0, 0.05) is 12.2 Å². The van der Waals surface area contributed by atoms with Gasteiger partial charge in [-0.05, 0) is 62.1 Å². The van der Waals surface area contributed by atoms with Crippen LogP contribution in [-0.2, 0) is 14.8 Å². The van der Waals surface area contributed by atoms with Crippen molar-refractivity contribution < 1.29 is 17.9 Å². The second-order valence-corrected chi connectivity index (χ2v) is 9.17. The Balaban J connectivity index is 1.59. The molecule has 0 aromatic heterocycles. The Hall–Kier alpha value is -1.80. The Labute approximate surface area is 174 Å². The summed E-state index contributed by atoms with van der Waals surface area (Å²) in [7, 11) is -3.54. The first-order chi connectivity index (χ1) is 13.3. The molecule has 3 rings (SSSR count). The average molecular weight is 443 g/mol. The Morgan fingerprint density at radius 2 is 1.86 bits per heavy atom. The van der Waals surface area contributed by atoms with Crippen molar-refractivity contribution in [3.8, 4) is 5.75 Å². The molecule has 0 saturated heterocycles. The molecule has 1 atom stereocenters. The van der Waals surface area contributed by atoms with Gasteiger partial charge in [-0.3, -0.25) is 4.79 Å². The van der Waals surface area contributed by atoms with Crippen LogP contribution in [0.15, 0.2) is 47.4 Å². The van der Waals surface area contributed by atoms with E-state index in [-0.39, 0.29) is 9.92 Å². The standard InChI is InChI=1S/C19H20Cl2N2O4S/c1-12(27-17-4-2-3-16(20)18(17)21)19(24)23-14-7-9-15(10-8-14)28(25,26)22-11-13-5-6-13/h2-4,7-10,12-13,22H,5-6,11H2,1H3,(H,23,24). The van der Waals surface area contributed by atoms with E-state index in [1.807, 2.05) is 0 Å². The van der Waals surface area contributed by atoms with Crippen molar-refractivity contribution in [3.05, 3.63) is 52.5 Å². The summed E-state index contributed by atoms with van der Waals surface area (Å²) >= 11 is 12.0. The summed E-state index contributed by atoms with van der Waals surface area (Å²) in [5.74, 6) is 0.348. The van der Waals surface area contributed by atoms with Crippen LogP contribution < -0.4 is 14.8 Å². The van der Waals surface area contributed by atoms with Gasteiger partial charge in [0.1, 0.15) is 10.8 Å². The van der Waals surface area contributed by atoms with E-state index in [1.54, 1.807) is 25.1 Å². The van der Waals surface area contributed by atoms with Gasteiger partial charge >= 0.3 is 0 Å². The molecule has 0 aliphatic heterocycles. The normalized spacial score (nSPS) is 15.1. The minimum Gasteiger partial charge on any atom is -0.479 e. The summed E-state index contributed by atoms with van der Waals surface area (Å²) in [5.41, 5.74) is 0.457. The zero-order valence-electron chi connectivity index (χ0n) is 15.1. The number of sulfonamides is 1. The number of ether oxygens (including phenoxy) is 1. The van der Waals surface area contributed by atoms with Gasteiger partial charge in [0.25, 0.3) is 5.91 Å². The van der Waals surface area contributed by atoms with Crippen molar-refractivity contribution in [2.45, 2.75) is 30.8 Å². The zero-order valence-corrected chi connectivity index (χ0v) is 17.4. The highest BCUT2D eigenvalue weighted by Crippen LogP contribution is 2.32. The predicted molar refractivity (Wildman–Crippen MR) is 110 cm³/mol. The van der Waals surface area contributed by atoms with Crippen molar-refractivity contribution >= 4 is 44.8 Å². The van der Waals surface area contributed by atoms with Crippen LogP contribution in [0, 0.1) is 5.92 Å². The third-order valence-electron chi connectivity index (χ3n) is 4.28. The number of carbonyl (C=O) groups is 1. The molecule has 1 fully saturated rings. The minimum absolute atomic E-state index is 0.154. The molecule has 2 N–H and O–H groups in total. The number of rotatable bonds is 8. The maximum atomic E-state index is 12.3. The van der Waals surface area contributed by atoms with Crippen LogP contribution in [0.25, 0.3) is 0 Å². The van der Waals surface area contributed by atoms with E-state index in [9.17, 15) is 13.2 Å². The zero-order chi connectivity index (χ0) is 20.3. The van der Waals surface area contributed by atoms with Crippen molar-refractivity contribution in [2.24, 2.45) is 5.92 Å². The second-order valence-electron chi connectivity index (χ2n) is 6.62. The van der Waals surface area contributed by atoms with Crippen LogP contribution in [0.3, 0.4) is 0 Å². The van der Waals surface area contributed by atoms with Crippen LogP contribution >= 0.6 is 23.2 Å². The van der Waals surface area contributed by atoms with Crippen molar-refractivity contribution in [1.82, 2.24) is 4.72 Å². The maximum Gasteiger partial charge on any atom is 0.265 e. The Kier molecular flexibility index (Phi) is 6.50. The van der Waals surface area contributed by atoms with Crippen molar-refractivity contribution in [2.75, 3.05) is 11.9 Å². The summed E-state index contributed by atoms with van der Waals surface area (Å²) in [6.45, 7) is 2.04. The molecule has 0 radical (unpaired) electrons. The molecule has 28 heavy (non-hydrogen) atoms. The lowest BCUT2D eigenvalue weighted by molar-refractivity contribution is -0.122. The van der Waals surface area contributed by atoms with Gasteiger partial charge in [-0.15, -0.1) is 0 Å². The molecular formula is C19H20Cl2N2O4S. The topological polar surface area (TPSA) is 84.5 Å². The lowest BCUT2D eigenvalue weighted by atomic mass is 10.3.